The zero-order valence-electron chi connectivity index (χ0n) is 11.4. The van der Waals surface area contributed by atoms with Crippen LogP contribution in [0.5, 0.6) is 0 Å². The van der Waals surface area contributed by atoms with E-state index in [-0.39, 0.29) is 5.69 Å². The molecule has 1 atom stereocenters. The molecular formula is C15H17N3O2. The molecule has 0 aliphatic heterocycles. The van der Waals surface area contributed by atoms with E-state index < -0.39 is 5.97 Å². The molecule has 3 rings (SSSR count). The first kappa shape index (κ1) is 12.7. The van der Waals surface area contributed by atoms with Crippen molar-refractivity contribution in [3.63, 3.8) is 0 Å². The van der Waals surface area contributed by atoms with Crippen molar-refractivity contribution in [3.8, 4) is 0 Å². The van der Waals surface area contributed by atoms with Crippen molar-refractivity contribution in [1.29, 1.82) is 0 Å². The van der Waals surface area contributed by atoms with Crippen molar-refractivity contribution in [2.24, 2.45) is 0 Å². The summed E-state index contributed by atoms with van der Waals surface area (Å²) in [5.41, 5.74) is 9.15. The number of carbonyl (C=O) groups is 1. The Morgan fingerprint density at radius 3 is 3.05 bits per heavy atom. The fourth-order valence-electron chi connectivity index (χ4n) is 2.64. The molecule has 104 valence electrons. The molecule has 5 nitrogen and oxygen atoms in total. The van der Waals surface area contributed by atoms with E-state index in [1.54, 1.807) is 17.8 Å². The maximum atomic E-state index is 11.7. The molecule has 0 saturated heterocycles. The molecule has 1 aliphatic carbocycles. The van der Waals surface area contributed by atoms with Crippen LogP contribution in [0.2, 0.25) is 0 Å². The molecule has 0 spiro atoms. The zero-order chi connectivity index (χ0) is 14.1. The third-order valence-electron chi connectivity index (χ3n) is 3.63. The molecule has 2 aromatic rings. The Hall–Kier alpha value is -2.30. The lowest BCUT2D eigenvalue weighted by atomic mass is 9.78. The first-order valence-electron chi connectivity index (χ1n) is 6.77. The van der Waals surface area contributed by atoms with Gasteiger partial charge in [-0.2, -0.15) is 5.10 Å². The monoisotopic (exact) mass is 271 g/mol. The quantitative estimate of drug-likeness (QED) is 0.863. The molecule has 0 saturated carbocycles. The summed E-state index contributed by atoms with van der Waals surface area (Å²) in [6, 6.07) is 8.39. The highest BCUT2D eigenvalue weighted by molar-refractivity contribution is 5.92. The van der Waals surface area contributed by atoms with Crippen molar-refractivity contribution in [3.05, 3.63) is 47.3 Å². The number of rotatable bonds is 4. The molecular weight excluding hydrogens is 254 g/mol. The van der Waals surface area contributed by atoms with Crippen LogP contribution in [-0.4, -0.2) is 22.4 Å². The summed E-state index contributed by atoms with van der Waals surface area (Å²) in [7, 11) is 0. The first-order chi connectivity index (χ1) is 9.69. The number of esters is 1. The Kier molecular flexibility index (Phi) is 3.18. The Balaban J connectivity index is 1.74. The van der Waals surface area contributed by atoms with Gasteiger partial charge in [-0.25, -0.2) is 4.79 Å². The van der Waals surface area contributed by atoms with Crippen molar-refractivity contribution < 1.29 is 9.53 Å². The van der Waals surface area contributed by atoms with Gasteiger partial charge >= 0.3 is 5.97 Å². The van der Waals surface area contributed by atoms with Crippen LogP contribution in [0.3, 0.4) is 0 Å². The SMILES string of the molecule is CCOC(=O)c1nn(CC2Cc3ccccc32)cc1N. The van der Waals surface area contributed by atoms with Gasteiger partial charge in [-0.15, -0.1) is 0 Å². The smallest absolute Gasteiger partial charge is 0.361 e. The zero-order valence-corrected chi connectivity index (χ0v) is 11.4. The Labute approximate surface area is 117 Å². The fourth-order valence-corrected chi connectivity index (χ4v) is 2.64. The number of nitrogens with zero attached hydrogens (tertiary/aromatic N) is 2. The molecule has 1 aliphatic rings. The average molecular weight is 271 g/mol. The molecule has 0 fully saturated rings. The largest absolute Gasteiger partial charge is 0.461 e. The van der Waals surface area contributed by atoms with Gasteiger partial charge in [0.2, 0.25) is 0 Å². The second-order valence-electron chi connectivity index (χ2n) is 4.98. The van der Waals surface area contributed by atoms with Crippen molar-refractivity contribution in [2.45, 2.75) is 25.8 Å². The summed E-state index contributed by atoms with van der Waals surface area (Å²) in [6.07, 6.45) is 2.75. The van der Waals surface area contributed by atoms with E-state index in [9.17, 15) is 4.79 Å². The van der Waals surface area contributed by atoms with Gasteiger partial charge in [0, 0.05) is 18.7 Å². The number of ether oxygens (including phenoxy) is 1. The molecule has 0 radical (unpaired) electrons. The van der Waals surface area contributed by atoms with Crippen LogP contribution < -0.4 is 5.73 Å². The fraction of sp³-hybridized carbons (Fsp3) is 0.333. The lowest BCUT2D eigenvalue weighted by molar-refractivity contribution is 0.0519. The molecule has 5 heteroatoms. The van der Waals surface area contributed by atoms with Gasteiger partial charge in [0.15, 0.2) is 5.69 Å². The highest BCUT2D eigenvalue weighted by Crippen LogP contribution is 2.35. The summed E-state index contributed by atoms with van der Waals surface area (Å²) in [6.45, 7) is 2.82. The number of anilines is 1. The molecule has 0 amide bonds. The summed E-state index contributed by atoms with van der Waals surface area (Å²) in [5, 5.41) is 4.24. The maximum Gasteiger partial charge on any atom is 0.361 e. The average Bonchev–Trinajstić information content (AvgIpc) is 2.77. The predicted molar refractivity (Wildman–Crippen MR) is 75.5 cm³/mol. The summed E-state index contributed by atoms with van der Waals surface area (Å²) in [4.78, 5) is 11.7. The van der Waals surface area contributed by atoms with Crippen LogP contribution >= 0.6 is 0 Å². The molecule has 1 unspecified atom stereocenters. The predicted octanol–water partition coefficient (Wildman–Crippen LogP) is 1.98. The van der Waals surface area contributed by atoms with E-state index in [0.717, 1.165) is 13.0 Å². The van der Waals surface area contributed by atoms with E-state index in [4.69, 9.17) is 10.5 Å². The summed E-state index contributed by atoms with van der Waals surface area (Å²) < 4.78 is 6.67. The number of hydrogen-bond donors (Lipinski definition) is 1. The van der Waals surface area contributed by atoms with Gasteiger partial charge in [-0.1, -0.05) is 24.3 Å². The number of fused-ring (bicyclic) bond motifs is 1. The lowest BCUT2D eigenvalue weighted by Crippen LogP contribution is -2.22. The van der Waals surface area contributed by atoms with Gasteiger partial charge in [0.05, 0.1) is 12.3 Å². The van der Waals surface area contributed by atoms with Crippen LogP contribution in [0, 0.1) is 0 Å². The van der Waals surface area contributed by atoms with Crippen LogP contribution in [-0.2, 0) is 17.7 Å². The molecule has 1 aromatic carbocycles. The number of aromatic nitrogens is 2. The van der Waals surface area contributed by atoms with E-state index in [0.29, 0.717) is 18.2 Å². The minimum Gasteiger partial charge on any atom is -0.461 e. The van der Waals surface area contributed by atoms with Crippen LogP contribution in [0.15, 0.2) is 30.5 Å². The minimum atomic E-state index is -0.460. The second kappa shape index (κ2) is 5.00. The van der Waals surface area contributed by atoms with Gasteiger partial charge in [-0.05, 0) is 24.5 Å². The van der Waals surface area contributed by atoms with Crippen LogP contribution in [0.4, 0.5) is 5.69 Å². The topological polar surface area (TPSA) is 70.1 Å². The van der Waals surface area contributed by atoms with E-state index in [2.05, 4.69) is 23.3 Å². The van der Waals surface area contributed by atoms with E-state index >= 15 is 0 Å². The third kappa shape index (κ3) is 2.15. The molecule has 0 bridgehead atoms. The standard InChI is InChI=1S/C15H17N3O2/c1-2-20-15(19)14-13(16)9-18(17-14)8-11-7-10-5-3-4-6-12(10)11/h3-6,9,11H,2,7-8,16H2,1H3. The third-order valence-corrected chi connectivity index (χ3v) is 3.63. The highest BCUT2D eigenvalue weighted by Gasteiger charge is 2.26. The van der Waals surface area contributed by atoms with E-state index in [1.165, 1.54) is 11.1 Å². The van der Waals surface area contributed by atoms with Gasteiger partial charge in [-0.3, -0.25) is 4.68 Å². The van der Waals surface area contributed by atoms with Crippen molar-refractivity contribution >= 4 is 11.7 Å². The van der Waals surface area contributed by atoms with Crippen LogP contribution in [0.25, 0.3) is 0 Å². The minimum absolute atomic E-state index is 0.208. The highest BCUT2D eigenvalue weighted by atomic mass is 16.5. The number of benzene rings is 1. The molecule has 1 heterocycles. The van der Waals surface area contributed by atoms with Gasteiger partial charge in [0.25, 0.3) is 0 Å². The Bertz CT molecular complexity index is 648. The van der Waals surface area contributed by atoms with Gasteiger partial charge < -0.3 is 10.5 Å². The number of nitrogen functional groups attached to an aromatic ring is 1. The molecule has 2 N–H and O–H groups in total. The lowest BCUT2D eigenvalue weighted by Gasteiger charge is -2.29. The van der Waals surface area contributed by atoms with Gasteiger partial charge in [0.1, 0.15) is 0 Å². The normalized spacial score (nSPS) is 16.4. The molecule has 1 aromatic heterocycles. The summed E-state index contributed by atoms with van der Waals surface area (Å²) in [5.74, 6) is -0.0155. The van der Waals surface area contributed by atoms with Crippen molar-refractivity contribution in [1.82, 2.24) is 9.78 Å². The summed E-state index contributed by atoms with van der Waals surface area (Å²) >= 11 is 0. The molecule has 20 heavy (non-hydrogen) atoms. The second-order valence-corrected chi connectivity index (χ2v) is 4.98. The maximum absolute atomic E-state index is 11.7. The van der Waals surface area contributed by atoms with Crippen molar-refractivity contribution in [2.75, 3.05) is 12.3 Å². The van der Waals surface area contributed by atoms with E-state index in [1.807, 2.05) is 6.07 Å². The number of carbonyl (C=O) groups excluding carboxylic acids is 1. The first-order valence-corrected chi connectivity index (χ1v) is 6.77. The van der Waals surface area contributed by atoms with Crippen LogP contribution in [0.1, 0.15) is 34.5 Å². The Morgan fingerprint density at radius 2 is 2.30 bits per heavy atom. The number of hydrogen-bond acceptors (Lipinski definition) is 4. The number of nitrogens with two attached hydrogens (primary N) is 1. The Morgan fingerprint density at radius 1 is 1.50 bits per heavy atom.